The molecule has 0 radical (unpaired) electrons. The first-order chi connectivity index (χ1) is 6.63. The average molecular weight is 234 g/mol. The second-order valence-corrected chi connectivity index (χ2v) is 5.08. The summed E-state index contributed by atoms with van der Waals surface area (Å²) in [6.45, 7) is 4.68. The number of halogens is 1. The average Bonchev–Trinajstić information content (AvgIpc) is 2.60. The summed E-state index contributed by atoms with van der Waals surface area (Å²) in [5, 5.41) is 12.6. The largest absolute Gasteiger partial charge is 0.392 e. The van der Waals surface area contributed by atoms with Crippen LogP contribution in [0.5, 0.6) is 0 Å². The van der Waals surface area contributed by atoms with Gasteiger partial charge in [-0.25, -0.2) is 0 Å². The van der Waals surface area contributed by atoms with E-state index in [0.717, 1.165) is 10.8 Å². The van der Waals surface area contributed by atoms with Crippen LogP contribution in [0.25, 0.3) is 0 Å². The topological polar surface area (TPSA) is 32.3 Å². The molecule has 0 bridgehead atoms. The molecule has 1 heterocycles. The molecule has 80 valence electrons. The molecule has 0 aliphatic heterocycles. The van der Waals surface area contributed by atoms with Gasteiger partial charge in [0.1, 0.15) is 0 Å². The summed E-state index contributed by atoms with van der Waals surface area (Å²) >= 11 is 7.41. The molecule has 1 unspecified atom stereocenters. The molecule has 0 saturated carbocycles. The van der Waals surface area contributed by atoms with E-state index in [1.807, 2.05) is 19.1 Å². The Bertz CT molecular complexity index is 277. The van der Waals surface area contributed by atoms with Gasteiger partial charge in [0.05, 0.1) is 10.4 Å². The van der Waals surface area contributed by atoms with Crippen LogP contribution in [0.1, 0.15) is 31.2 Å². The molecule has 0 aromatic carbocycles. The Morgan fingerprint density at radius 3 is 2.79 bits per heavy atom. The summed E-state index contributed by atoms with van der Waals surface area (Å²) in [6, 6.07) is 4.17. The second kappa shape index (κ2) is 5.71. The summed E-state index contributed by atoms with van der Waals surface area (Å²) in [7, 11) is 0. The quantitative estimate of drug-likeness (QED) is 0.820. The monoisotopic (exact) mass is 233 g/mol. The fourth-order valence-electron chi connectivity index (χ4n) is 1.12. The van der Waals surface area contributed by atoms with Gasteiger partial charge in [-0.1, -0.05) is 18.5 Å². The summed E-state index contributed by atoms with van der Waals surface area (Å²) in [4.78, 5) is 1.21. The predicted molar refractivity (Wildman–Crippen MR) is 62.0 cm³/mol. The van der Waals surface area contributed by atoms with E-state index < -0.39 is 0 Å². The Morgan fingerprint density at radius 1 is 1.57 bits per heavy atom. The van der Waals surface area contributed by atoms with Gasteiger partial charge in [-0.05, 0) is 25.5 Å². The first kappa shape index (κ1) is 12.0. The first-order valence-corrected chi connectivity index (χ1v) is 5.99. The predicted octanol–water partition coefficient (Wildman–Crippen LogP) is 2.82. The molecular formula is C10H16ClNOS. The molecule has 0 aliphatic rings. The zero-order valence-electron chi connectivity index (χ0n) is 8.46. The number of thiophene rings is 1. The third-order valence-corrected chi connectivity index (χ3v) is 3.57. The van der Waals surface area contributed by atoms with Crippen molar-refractivity contribution in [3.63, 3.8) is 0 Å². The van der Waals surface area contributed by atoms with Crippen LogP contribution >= 0.6 is 22.9 Å². The third-order valence-electron chi connectivity index (χ3n) is 2.15. The van der Waals surface area contributed by atoms with E-state index in [0.29, 0.717) is 6.54 Å². The highest BCUT2D eigenvalue weighted by molar-refractivity contribution is 7.16. The number of nitrogens with one attached hydrogen (secondary N) is 1. The van der Waals surface area contributed by atoms with Crippen LogP contribution in [0.3, 0.4) is 0 Å². The second-order valence-electron chi connectivity index (χ2n) is 3.33. The molecule has 0 amide bonds. The van der Waals surface area contributed by atoms with Crippen LogP contribution < -0.4 is 5.32 Å². The highest BCUT2D eigenvalue weighted by Gasteiger charge is 2.09. The van der Waals surface area contributed by atoms with Gasteiger partial charge in [0.25, 0.3) is 0 Å². The van der Waals surface area contributed by atoms with Crippen molar-refractivity contribution in [2.75, 3.05) is 6.54 Å². The van der Waals surface area contributed by atoms with E-state index in [2.05, 4.69) is 12.2 Å². The first-order valence-electron chi connectivity index (χ1n) is 4.80. The van der Waals surface area contributed by atoms with Crippen LogP contribution in [0.2, 0.25) is 4.34 Å². The Labute approximate surface area is 93.9 Å². The fourth-order valence-corrected chi connectivity index (χ4v) is 2.21. The molecule has 1 aromatic rings. The van der Waals surface area contributed by atoms with Crippen molar-refractivity contribution in [1.29, 1.82) is 0 Å². The van der Waals surface area contributed by atoms with Crippen molar-refractivity contribution in [2.45, 2.75) is 32.4 Å². The summed E-state index contributed by atoms with van der Waals surface area (Å²) < 4.78 is 0.810. The van der Waals surface area contributed by atoms with E-state index in [9.17, 15) is 5.11 Å². The van der Waals surface area contributed by atoms with Gasteiger partial charge in [0, 0.05) is 17.5 Å². The van der Waals surface area contributed by atoms with Gasteiger partial charge in [0.15, 0.2) is 0 Å². The minimum atomic E-state index is -0.257. The van der Waals surface area contributed by atoms with Crippen LogP contribution in [0.4, 0.5) is 0 Å². The van der Waals surface area contributed by atoms with E-state index in [1.165, 1.54) is 4.88 Å². The Kier molecular flexibility index (Phi) is 4.89. The Morgan fingerprint density at radius 2 is 2.29 bits per heavy atom. The molecular weight excluding hydrogens is 218 g/mol. The lowest BCUT2D eigenvalue weighted by atomic mass is 10.2. The number of aliphatic hydroxyl groups is 1. The van der Waals surface area contributed by atoms with Crippen molar-refractivity contribution < 1.29 is 5.11 Å². The van der Waals surface area contributed by atoms with E-state index in [4.69, 9.17) is 11.6 Å². The number of hydrogen-bond donors (Lipinski definition) is 2. The minimum absolute atomic E-state index is 0.257. The van der Waals surface area contributed by atoms with E-state index >= 15 is 0 Å². The van der Waals surface area contributed by atoms with Gasteiger partial charge in [-0.3, -0.25) is 0 Å². The summed E-state index contributed by atoms with van der Waals surface area (Å²) in [6.07, 6.45) is 0.526. The van der Waals surface area contributed by atoms with Gasteiger partial charge in [-0.2, -0.15) is 0 Å². The number of aliphatic hydroxyl groups excluding tert-OH is 1. The molecule has 0 aliphatic carbocycles. The third kappa shape index (κ3) is 3.58. The lowest BCUT2D eigenvalue weighted by molar-refractivity contribution is 0.164. The molecule has 0 saturated heterocycles. The summed E-state index contributed by atoms with van der Waals surface area (Å²) in [5.74, 6) is 0. The Balaban J connectivity index is 2.39. The normalized spacial score (nSPS) is 15.4. The standard InChI is InChI=1S/C10H16ClNOS/c1-3-8(13)6-12-7(2)9-4-5-10(11)14-9/h4-5,7-8,12-13H,3,6H2,1-2H3/t7?,8-/m1/s1. The van der Waals surface area contributed by atoms with Crippen LogP contribution in [0.15, 0.2) is 12.1 Å². The zero-order chi connectivity index (χ0) is 10.6. The highest BCUT2D eigenvalue weighted by Crippen LogP contribution is 2.26. The van der Waals surface area contributed by atoms with Gasteiger partial charge >= 0.3 is 0 Å². The van der Waals surface area contributed by atoms with Crippen LogP contribution in [-0.2, 0) is 0 Å². The molecule has 0 fully saturated rings. The van der Waals surface area contributed by atoms with Gasteiger partial charge < -0.3 is 10.4 Å². The molecule has 2 atom stereocenters. The van der Waals surface area contributed by atoms with Crippen molar-refractivity contribution in [1.82, 2.24) is 5.32 Å². The van der Waals surface area contributed by atoms with Crippen molar-refractivity contribution in [3.8, 4) is 0 Å². The van der Waals surface area contributed by atoms with Crippen molar-refractivity contribution in [3.05, 3.63) is 21.3 Å². The van der Waals surface area contributed by atoms with E-state index in [-0.39, 0.29) is 12.1 Å². The highest BCUT2D eigenvalue weighted by atomic mass is 35.5. The Hall–Kier alpha value is -0.0900. The molecule has 2 N–H and O–H groups in total. The molecule has 14 heavy (non-hydrogen) atoms. The SMILES string of the molecule is CC[C@@H](O)CNC(C)c1ccc(Cl)s1. The van der Waals surface area contributed by atoms with E-state index in [1.54, 1.807) is 11.3 Å². The van der Waals surface area contributed by atoms with Crippen LogP contribution in [0, 0.1) is 0 Å². The maximum atomic E-state index is 9.37. The molecule has 2 nitrogen and oxygen atoms in total. The number of rotatable bonds is 5. The minimum Gasteiger partial charge on any atom is -0.392 e. The van der Waals surface area contributed by atoms with Gasteiger partial charge in [0.2, 0.25) is 0 Å². The smallest absolute Gasteiger partial charge is 0.0931 e. The lowest BCUT2D eigenvalue weighted by Gasteiger charge is -2.14. The lowest BCUT2D eigenvalue weighted by Crippen LogP contribution is -2.28. The van der Waals surface area contributed by atoms with Crippen molar-refractivity contribution >= 4 is 22.9 Å². The maximum Gasteiger partial charge on any atom is 0.0931 e. The zero-order valence-corrected chi connectivity index (χ0v) is 10.0. The maximum absolute atomic E-state index is 9.37. The fraction of sp³-hybridized carbons (Fsp3) is 0.600. The number of hydrogen-bond acceptors (Lipinski definition) is 3. The molecule has 0 spiro atoms. The van der Waals surface area contributed by atoms with Crippen molar-refractivity contribution in [2.24, 2.45) is 0 Å². The van der Waals surface area contributed by atoms with Crippen LogP contribution in [-0.4, -0.2) is 17.8 Å². The van der Waals surface area contributed by atoms with Gasteiger partial charge in [-0.15, -0.1) is 11.3 Å². The summed E-state index contributed by atoms with van der Waals surface area (Å²) in [5.41, 5.74) is 0. The molecule has 4 heteroatoms. The molecule has 1 rings (SSSR count). The molecule has 1 aromatic heterocycles.